The first-order valence-corrected chi connectivity index (χ1v) is 7.75. The maximum atomic E-state index is 11.8. The van der Waals surface area contributed by atoms with Crippen LogP contribution in [0.4, 0.5) is 5.82 Å². The first kappa shape index (κ1) is 17.1. The van der Waals surface area contributed by atoms with Crippen molar-refractivity contribution in [2.45, 2.75) is 13.5 Å². The van der Waals surface area contributed by atoms with Crippen molar-refractivity contribution in [1.29, 1.82) is 0 Å². The number of aromatic hydroxyl groups is 1. The lowest BCUT2D eigenvalue weighted by atomic mass is 10.2. The summed E-state index contributed by atoms with van der Waals surface area (Å²) in [5.74, 6) is 0.192. The van der Waals surface area contributed by atoms with Crippen molar-refractivity contribution in [2.75, 3.05) is 5.32 Å². The molecule has 0 bridgehead atoms. The monoisotopic (exact) mass is 379 g/mol. The molecule has 9 nitrogen and oxygen atoms in total. The van der Waals surface area contributed by atoms with E-state index in [-0.39, 0.29) is 33.7 Å². The van der Waals surface area contributed by atoms with Crippen LogP contribution in [0.15, 0.2) is 24.3 Å². The van der Waals surface area contributed by atoms with Crippen LogP contribution < -0.4 is 5.32 Å². The summed E-state index contributed by atoms with van der Waals surface area (Å²) in [6.45, 7) is 1.72. The number of Topliss-reactive ketones (excluding diaryl/α,β-unsaturated/α-hetero) is 1. The quantitative estimate of drug-likeness (QED) is 0.647. The SMILES string of the molecule is CC(=O)c1nnn(-c2nc(Cl)nc(Cl)n2)c1NCc1ccc(O)cc1. The highest BCUT2D eigenvalue weighted by molar-refractivity contribution is 6.31. The molecule has 0 spiro atoms. The molecule has 25 heavy (non-hydrogen) atoms. The third-order valence-electron chi connectivity index (χ3n) is 3.16. The van der Waals surface area contributed by atoms with E-state index < -0.39 is 0 Å². The van der Waals surface area contributed by atoms with Gasteiger partial charge in [-0.2, -0.15) is 19.6 Å². The van der Waals surface area contributed by atoms with Crippen LogP contribution in [0.5, 0.6) is 5.75 Å². The van der Waals surface area contributed by atoms with E-state index in [4.69, 9.17) is 23.2 Å². The number of halogens is 2. The highest BCUT2D eigenvalue weighted by atomic mass is 35.5. The molecule has 0 fully saturated rings. The molecule has 0 amide bonds. The first-order valence-electron chi connectivity index (χ1n) is 7.00. The van der Waals surface area contributed by atoms with Gasteiger partial charge >= 0.3 is 0 Å². The van der Waals surface area contributed by atoms with Crippen LogP contribution in [0, 0.1) is 0 Å². The second-order valence-corrected chi connectivity index (χ2v) is 5.62. The van der Waals surface area contributed by atoms with E-state index in [2.05, 4.69) is 30.6 Å². The molecule has 2 heterocycles. The molecule has 128 valence electrons. The van der Waals surface area contributed by atoms with Gasteiger partial charge in [-0.3, -0.25) is 4.79 Å². The summed E-state index contributed by atoms with van der Waals surface area (Å²) in [7, 11) is 0. The van der Waals surface area contributed by atoms with E-state index in [1.54, 1.807) is 24.3 Å². The lowest BCUT2D eigenvalue weighted by Gasteiger charge is -2.09. The van der Waals surface area contributed by atoms with Crippen LogP contribution >= 0.6 is 23.2 Å². The zero-order valence-electron chi connectivity index (χ0n) is 12.8. The predicted molar refractivity (Wildman–Crippen MR) is 90.2 cm³/mol. The Labute approximate surface area is 151 Å². The molecule has 0 aliphatic carbocycles. The van der Waals surface area contributed by atoms with Crippen LogP contribution in [-0.4, -0.2) is 40.8 Å². The number of hydrogen-bond acceptors (Lipinski definition) is 8. The minimum atomic E-state index is -0.286. The number of nitrogens with one attached hydrogen (secondary N) is 1. The van der Waals surface area contributed by atoms with Crippen molar-refractivity contribution < 1.29 is 9.90 Å². The third-order valence-corrected chi connectivity index (χ3v) is 3.50. The molecule has 0 radical (unpaired) electrons. The minimum absolute atomic E-state index is 0.0261. The minimum Gasteiger partial charge on any atom is -0.508 e. The van der Waals surface area contributed by atoms with Gasteiger partial charge in [-0.15, -0.1) is 5.10 Å². The molecule has 2 N–H and O–H groups in total. The van der Waals surface area contributed by atoms with Gasteiger partial charge in [0, 0.05) is 13.5 Å². The molecule has 2 aromatic heterocycles. The second kappa shape index (κ2) is 6.99. The third kappa shape index (κ3) is 3.83. The number of carbonyl (C=O) groups excluding carboxylic acids is 1. The maximum Gasteiger partial charge on any atom is 0.259 e. The lowest BCUT2D eigenvalue weighted by Crippen LogP contribution is -2.12. The molecule has 11 heteroatoms. The fourth-order valence-electron chi connectivity index (χ4n) is 2.03. The first-order chi connectivity index (χ1) is 11.9. The molecular weight excluding hydrogens is 369 g/mol. The standard InChI is InChI=1S/C14H11Cl2N7O2/c1-7(24)10-11(17-6-8-2-4-9(25)5-3-8)23(22-21-10)14-19-12(15)18-13(16)20-14/h2-5,17,25H,6H2,1H3. The van der Waals surface area contributed by atoms with Gasteiger partial charge in [0.25, 0.3) is 5.95 Å². The number of ketones is 1. The molecule has 1 aromatic carbocycles. The van der Waals surface area contributed by atoms with Crippen molar-refractivity contribution in [1.82, 2.24) is 29.9 Å². The van der Waals surface area contributed by atoms with Crippen LogP contribution in [0.25, 0.3) is 5.95 Å². The number of aromatic nitrogens is 6. The van der Waals surface area contributed by atoms with E-state index in [0.29, 0.717) is 12.4 Å². The van der Waals surface area contributed by atoms with Gasteiger partial charge < -0.3 is 10.4 Å². The Hall–Kier alpha value is -2.78. The molecule has 0 saturated carbocycles. The van der Waals surface area contributed by atoms with Crippen molar-refractivity contribution in [2.24, 2.45) is 0 Å². The summed E-state index contributed by atoms with van der Waals surface area (Å²) in [6.07, 6.45) is 0. The lowest BCUT2D eigenvalue weighted by molar-refractivity contribution is 0.101. The number of phenolic OH excluding ortho intramolecular Hbond substituents is 1. The number of anilines is 1. The van der Waals surface area contributed by atoms with Crippen molar-refractivity contribution >= 4 is 34.8 Å². The Morgan fingerprint density at radius 1 is 1.16 bits per heavy atom. The zero-order valence-corrected chi connectivity index (χ0v) is 14.3. The molecule has 0 atom stereocenters. The van der Waals surface area contributed by atoms with Crippen LogP contribution in [-0.2, 0) is 6.54 Å². The Morgan fingerprint density at radius 3 is 2.40 bits per heavy atom. The Kier molecular flexibility index (Phi) is 4.77. The highest BCUT2D eigenvalue weighted by Gasteiger charge is 2.20. The van der Waals surface area contributed by atoms with E-state index in [1.165, 1.54) is 11.6 Å². The summed E-state index contributed by atoms with van der Waals surface area (Å²) in [6, 6.07) is 6.59. The Morgan fingerprint density at radius 2 is 1.80 bits per heavy atom. The van der Waals surface area contributed by atoms with E-state index in [9.17, 15) is 9.90 Å². The summed E-state index contributed by atoms with van der Waals surface area (Å²) < 4.78 is 1.22. The van der Waals surface area contributed by atoms with Crippen LogP contribution in [0.1, 0.15) is 23.0 Å². The highest BCUT2D eigenvalue weighted by Crippen LogP contribution is 2.20. The number of phenols is 1. The number of hydrogen-bond donors (Lipinski definition) is 2. The Bertz CT molecular complexity index is 907. The molecule has 0 unspecified atom stereocenters. The number of benzene rings is 1. The van der Waals surface area contributed by atoms with Crippen molar-refractivity contribution in [3.63, 3.8) is 0 Å². The fraction of sp³-hybridized carbons (Fsp3) is 0.143. The zero-order chi connectivity index (χ0) is 18.0. The van der Waals surface area contributed by atoms with Gasteiger partial charge in [-0.05, 0) is 40.9 Å². The summed E-state index contributed by atoms with van der Waals surface area (Å²) in [5, 5.41) is 19.9. The van der Waals surface area contributed by atoms with Crippen LogP contribution in [0.2, 0.25) is 10.6 Å². The van der Waals surface area contributed by atoms with E-state index in [0.717, 1.165) is 5.56 Å². The van der Waals surface area contributed by atoms with E-state index in [1.807, 2.05) is 0 Å². The average molecular weight is 380 g/mol. The smallest absolute Gasteiger partial charge is 0.259 e. The molecule has 0 saturated heterocycles. The summed E-state index contributed by atoms with van der Waals surface area (Å²) >= 11 is 11.6. The molecule has 3 aromatic rings. The van der Waals surface area contributed by atoms with Gasteiger partial charge in [0.2, 0.25) is 10.6 Å². The van der Waals surface area contributed by atoms with Crippen molar-refractivity contribution in [3.8, 4) is 11.7 Å². The molecule has 3 rings (SSSR count). The van der Waals surface area contributed by atoms with Gasteiger partial charge in [0.05, 0.1) is 0 Å². The van der Waals surface area contributed by atoms with Gasteiger partial charge in [0.15, 0.2) is 17.3 Å². The molecule has 0 aliphatic rings. The van der Waals surface area contributed by atoms with Crippen molar-refractivity contribution in [3.05, 3.63) is 46.1 Å². The van der Waals surface area contributed by atoms with E-state index >= 15 is 0 Å². The normalized spacial score (nSPS) is 10.7. The van der Waals surface area contributed by atoms with Gasteiger partial charge in [-0.1, -0.05) is 17.3 Å². The summed E-state index contributed by atoms with van der Waals surface area (Å²) in [4.78, 5) is 23.4. The molecule has 0 aliphatic heterocycles. The van der Waals surface area contributed by atoms with Gasteiger partial charge in [0.1, 0.15) is 5.75 Å². The average Bonchev–Trinajstić information content (AvgIpc) is 2.97. The second-order valence-electron chi connectivity index (χ2n) is 4.95. The maximum absolute atomic E-state index is 11.8. The molecular formula is C14H11Cl2N7O2. The fourth-order valence-corrected chi connectivity index (χ4v) is 2.38. The summed E-state index contributed by atoms with van der Waals surface area (Å²) in [5.41, 5.74) is 0.984. The number of nitrogens with zero attached hydrogens (tertiary/aromatic N) is 6. The Balaban J connectivity index is 1.97. The number of carbonyl (C=O) groups is 1. The van der Waals surface area contributed by atoms with Crippen LogP contribution in [0.3, 0.4) is 0 Å². The largest absolute Gasteiger partial charge is 0.508 e. The topological polar surface area (TPSA) is 119 Å². The van der Waals surface area contributed by atoms with Gasteiger partial charge in [-0.25, -0.2) is 0 Å². The number of rotatable bonds is 5. The predicted octanol–water partition coefficient (Wildman–Crippen LogP) is 2.28.